The minimum atomic E-state index is -0.394. The van der Waals surface area contributed by atoms with Gasteiger partial charge in [-0.25, -0.2) is 4.39 Å². The standard InChI is InChI=1S/C16H10ClFO2/c17-12-6-3-5-11-9-15(20-16(11)12)14(19)8-10-4-1-2-7-13(10)18/h1-7,9H,8H2. The first-order valence-corrected chi connectivity index (χ1v) is 6.47. The van der Waals surface area contributed by atoms with Crippen LogP contribution in [0.15, 0.2) is 52.9 Å². The fourth-order valence-electron chi connectivity index (χ4n) is 2.07. The highest BCUT2D eigenvalue weighted by Crippen LogP contribution is 2.27. The Hall–Kier alpha value is -2.13. The highest BCUT2D eigenvalue weighted by atomic mass is 35.5. The number of benzene rings is 2. The van der Waals surface area contributed by atoms with Gasteiger partial charge < -0.3 is 4.42 Å². The van der Waals surface area contributed by atoms with Gasteiger partial charge in [-0.15, -0.1) is 0 Å². The molecule has 0 bridgehead atoms. The van der Waals surface area contributed by atoms with Crippen LogP contribution >= 0.6 is 11.6 Å². The lowest BCUT2D eigenvalue weighted by Gasteiger charge is -2.00. The molecule has 0 aliphatic heterocycles. The quantitative estimate of drug-likeness (QED) is 0.657. The van der Waals surface area contributed by atoms with Gasteiger partial charge in [0.05, 0.1) is 5.02 Å². The zero-order valence-corrected chi connectivity index (χ0v) is 11.2. The van der Waals surface area contributed by atoms with Crippen molar-refractivity contribution in [1.29, 1.82) is 0 Å². The maximum atomic E-state index is 13.5. The van der Waals surface area contributed by atoms with Gasteiger partial charge in [-0.1, -0.05) is 41.9 Å². The molecule has 3 aromatic rings. The summed E-state index contributed by atoms with van der Waals surface area (Å²) >= 11 is 6.00. The van der Waals surface area contributed by atoms with Crippen LogP contribution in [0, 0.1) is 5.82 Å². The number of fused-ring (bicyclic) bond motifs is 1. The smallest absolute Gasteiger partial charge is 0.202 e. The molecule has 0 aliphatic rings. The summed E-state index contributed by atoms with van der Waals surface area (Å²) in [6.45, 7) is 0. The monoisotopic (exact) mass is 288 g/mol. The predicted octanol–water partition coefficient (Wildman–Crippen LogP) is 4.65. The Morgan fingerprint density at radius 3 is 2.70 bits per heavy atom. The van der Waals surface area contributed by atoms with Crippen molar-refractivity contribution in [1.82, 2.24) is 0 Å². The van der Waals surface area contributed by atoms with E-state index in [1.54, 1.807) is 36.4 Å². The molecular formula is C16H10ClFO2. The Morgan fingerprint density at radius 2 is 1.95 bits per heavy atom. The molecule has 0 spiro atoms. The zero-order chi connectivity index (χ0) is 14.1. The number of hydrogen-bond donors (Lipinski definition) is 0. The number of ketones is 1. The molecule has 3 rings (SSSR count). The van der Waals surface area contributed by atoms with Crippen molar-refractivity contribution < 1.29 is 13.6 Å². The number of rotatable bonds is 3. The molecule has 20 heavy (non-hydrogen) atoms. The summed E-state index contributed by atoms with van der Waals surface area (Å²) in [5.41, 5.74) is 0.829. The van der Waals surface area contributed by atoms with Crippen molar-refractivity contribution in [2.45, 2.75) is 6.42 Å². The molecule has 1 aromatic heterocycles. The van der Waals surface area contributed by atoms with Crippen LogP contribution in [0.4, 0.5) is 4.39 Å². The highest BCUT2D eigenvalue weighted by Gasteiger charge is 2.15. The average Bonchev–Trinajstić information content (AvgIpc) is 2.87. The molecular weight excluding hydrogens is 279 g/mol. The fourth-order valence-corrected chi connectivity index (χ4v) is 2.29. The van der Waals surface area contributed by atoms with Gasteiger partial charge in [0.25, 0.3) is 0 Å². The van der Waals surface area contributed by atoms with E-state index < -0.39 is 5.82 Å². The lowest BCUT2D eigenvalue weighted by Crippen LogP contribution is -2.03. The lowest BCUT2D eigenvalue weighted by molar-refractivity contribution is 0.0967. The van der Waals surface area contributed by atoms with Crippen molar-refractivity contribution in [3.63, 3.8) is 0 Å². The van der Waals surface area contributed by atoms with Gasteiger partial charge in [0.1, 0.15) is 5.82 Å². The molecule has 2 nitrogen and oxygen atoms in total. The summed E-state index contributed by atoms with van der Waals surface area (Å²) in [5.74, 6) is -0.478. The molecule has 0 amide bonds. The zero-order valence-electron chi connectivity index (χ0n) is 10.4. The predicted molar refractivity (Wildman–Crippen MR) is 75.7 cm³/mol. The number of hydrogen-bond acceptors (Lipinski definition) is 2. The molecule has 0 saturated heterocycles. The Kier molecular flexibility index (Phi) is 3.28. The van der Waals surface area contributed by atoms with Gasteiger partial charge in [0.15, 0.2) is 11.3 Å². The molecule has 0 aliphatic carbocycles. The maximum absolute atomic E-state index is 13.5. The minimum Gasteiger partial charge on any atom is -0.451 e. The number of furan rings is 1. The number of Topliss-reactive ketones (excluding diaryl/α,β-unsaturated/α-hetero) is 1. The van der Waals surface area contributed by atoms with Gasteiger partial charge in [0.2, 0.25) is 5.78 Å². The second-order valence-corrected chi connectivity index (χ2v) is 4.87. The summed E-state index contributed by atoms with van der Waals surface area (Å²) in [6, 6.07) is 13.1. The van der Waals surface area contributed by atoms with Crippen molar-refractivity contribution >= 4 is 28.4 Å². The summed E-state index contributed by atoms with van der Waals surface area (Å²) < 4.78 is 19.0. The molecule has 0 atom stereocenters. The third-order valence-corrected chi connectivity index (χ3v) is 3.38. The van der Waals surface area contributed by atoms with Gasteiger partial charge in [-0.2, -0.15) is 0 Å². The van der Waals surface area contributed by atoms with Gasteiger partial charge in [-0.05, 0) is 23.8 Å². The number of para-hydroxylation sites is 1. The fraction of sp³-hybridized carbons (Fsp3) is 0.0625. The van der Waals surface area contributed by atoms with E-state index >= 15 is 0 Å². The lowest BCUT2D eigenvalue weighted by atomic mass is 10.1. The van der Waals surface area contributed by atoms with Crippen molar-refractivity contribution in [3.8, 4) is 0 Å². The van der Waals surface area contributed by atoms with Crippen LogP contribution in [0.5, 0.6) is 0 Å². The van der Waals surface area contributed by atoms with E-state index in [-0.39, 0.29) is 18.0 Å². The van der Waals surface area contributed by atoms with E-state index in [4.69, 9.17) is 16.0 Å². The number of halogens is 2. The number of carbonyl (C=O) groups is 1. The first-order chi connectivity index (χ1) is 9.65. The third-order valence-electron chi connectivity index (χ3n) is 3.08. The molecule has 0 N–H and O–H groups in total. The van der Waals surface area contributed by atoms with Crippen LogP contribution in [0.25, 0.3) is 11.0 Å². The Balaban J connectivity index is 1.93. The van der Waals surface area contributed by atoms with Crippen LogP contribution in [-0.4, -0.2) is 5.78 Å². The molecule has 4 heteroatoms. The van der Waals surface area contributed by atoms with Crippen molar-refractivity contribution in [2.24, 2.45) is 0 Å². The van der Waals surface area contributed by atoms with E-state index in [0.29, 0.717) is 16.2 Å². The van der Waals surface area contributed by atoms with Crippen LogP contribution in [-0.2, 0) is 6.42 Å². The third kappa shape index (κ3) is 2.32. The van der Waals surface area contributed by atoms with E-state index in [9.17, 15) is 9.18 Å². The molecule has 0 radical (unpaired) electrons. The van der Waals surface area contributed by atoms with Gasteiger partial charge in [0, 0.05) is 11.8 Å². The molecule has 0 fully saturated rings. The summed E-state index contributed by atoms with van der Waals surface area (Å²) in [4.78, 5) is 12.1. The Bertz CT molecular complexity index is 792. The van der Waals surface area contributed by atoms with Crippen LogP contribution < -0.4 is 0 Å². The van der Waals surface area contributed by atoms with E-state index in [1.807, 2.05) is 6.07 Å². The minimum absolute atomic E-state index is 0.0376. The Morgan fingerprint density at radius 1 is 1.15 bits per heavy atom. The first kappa shape index (κ1) is 12.9. The van der Waals surface area contributed by atoms with Gasteiger partial charge >= 0.3 is 0 Å². The first-order valence-electron chi connectivity index (χ1n) is 6.10. The summed E-state index contributed by atoms with van der Waals surface area (Å²) in [7, 11) is 0. The van der Waals surface area contributed by atoms with Crippen LogP contribution in [0.3, 0.4) is 0 Å². The van der Waals surface area contributed by atoms with E-state index in [0.717, 1.165) is 5.39 Å². The maximum Gasteiger partial charge on any atom is 0.202 e. The highest BCUT2D eigenvalue weighted by molar-refractivity contribution is 6.34. The summed E-state index contributed by atoms with van der Waals surface area (Å²) in [5, 5.41) is 1.21. The SMILES string of the molecule is O=C(Cc1ccccc1F)c1cc2cccc(Cl)c2o1. The number of carbonyl (C=O) groups excluding carboxylic acids is 1. The molecule has 1 heterocycles. The van der Waals surface area contributed by atoms with Crippen LogP contribution in [0.1, 0.15) is 16.1 Å². The van der Waals surface area contributed by atoms with E-state index in [1.165, 1.54) is 6.07 Å². The largest absolute Gasteiger partial charge is 0.451 e. The van der Waals surface area contributed by atoms with Crippen molar-refractivity contribution in [3.05, 3.63) is 70.7 Å². The topological polar surface area (TPSA) is 30.2 Å². The normalized spacial score (nSPS) is 10.9. The Labute approximate surface area is 119 Å². The second kappa shape index (κ2) is 5.10. The van der Waals surface area contributed by atoms with Gasteiger partial charge in [-0.3, -0.25) is 4.79 Å². The second-order valence-electron chi connectivity index (χ2n) is 4.46. The van der Waals surface area contributed by atoms with E-state index in [2.05, 4.69) is 0 Å². The molecule has 0 saturated carbocycles. The summed E-state index contributed by atoms with van der Waals surface area (Å²) in [6.07, 6.45) is -0.0376. The molecule has 2 aromatic carbocycles. The average molecular weight is 289 g/mol. The molecule has 0 unspecified atom stereocenters. The molecule has 100 valence electrons. The van der Waals surface area contributed by atoms with Crippen molar-refractivity contribution in [2.75, 3.05) is 0 Å². The van der Waals surface area contributed by atoms with Crippen LogP contribution in [0.2, 0.25) is 5.02 Å².